The van der Waals surface area contributed by atoms with E-state index in [9.17, 15) is 0 Å². The summed E-state index contributed by atoms with van der Waals surface area (Å²) in [5.41, 5.74) is 10.9. The van der Waals surface area contributed by atoms with Crippen molar-refractivity contribution in [3.8, 4) is 11.1 Å². The number of anilines is 2. The smallest absolute Gasteiger partial charge is 0.220 e. The van der Waals surface area contributed by atoms with E-state index < -0.39 is 0 Å². The lowest BCUT2D eigenvalue weighted by atomic mass is 9.97. The quantitative estimate of drug-likeness (QED) is 0.720. The van der Waals surface area contributed by atoms with Crippen molar-refractivity contribution in [3.05, 3.63) is 71.5 Å². The molecule has 0 saturated carbocycles. The number of nitrogen functional groups attached to an aromatic ring is 1. The Morgan fingerprint density at radius 1 is 1.22 bits per heavy atom. The number of allylic oxidation sites excluding steroid dienone is 2. The number of hydrogen-bond donors (Lipinski definition) is 1. The first-order valence-electron chi connectivity index (χ1n) is 8.56. The van der Waals surface area contributed by atoms with E-state index in [1.54, 1.807) is 13.3 Å². The maximum absolute atomic E-state index is 6.22. The standard InChI is InChI=1S/C21H19ClN4O/c1-13-17(14-6-8-18-15(10-14)11-24-21(23)25-18)4-3-5-19(13)26-12-16(22)7-9-20(26)27-2/h3-12,20H,1-2H3,(H2,23,24,25). The molecular weight excluding hydrogens is 360 g/mol. The molecule has 0 aliphatic carbocycles. The molecule has 27 heavy (non-hydrogen) atoms. The monoisotopic (exact) mass is 378 g/mol. The fourth-order valence-electron chi connectivity index (χ4n) is 3.35. The van der Waals surface area contributed by atoms with E-state index in [2.05, 4.69) is 35.1 Å². The Kier molecular flexibility index (Phi) is 4.56. The molecule has 2 heterocycles. The van der Waals surface area contributed by atoms with Gasteiger partial charge in [-0.3, -0.25) is 0 Å². The van der Waals surface area contributed by atoms with Crippen LogP contribution in [0.1, 0.15) is 5.56 Å². The molecule has 1 aliphatic rings. The topological polar surface area (TPSA) is 64.3 Å². The summed E-state index contributed by atoms with van der Waals surface area (Å²) in [5, 5.41) is 1.61. The van der Waals surface area contributed by atoms with Crippen molar-refractivity contribution in [3.63, 3.8) is 0 Å². The first-order chi connectivity index (χ1) is 13.1. The summed E-state index contributed by atoms with van der Waals surface area (Å²) in [5.74, 6) is 0.279. The number of aromatic nitrogens is 2. The van der Waals surface area contributed by atoms with Gasteiger partial charge in [-0.15, -0.1) is 0 Å². The highest BCUT2D eigenvalue weighted by Crippen LogP contribution is 2.34. The average Bonchev–Trinajstić information content (AvgIpc) is 2.68. The number of benzene rings is 2. The normalized spacial score (nSPS) is 16.6. The second kappa shape index (κ2) is 7.02. The lowest BCUT2D eigenvalue weighted by Gasteiger charge is -2.31. The lowest BCUT2D eigenvalue weighted by molar-refractivity contribution is 0.144. The third-order valence-corrected chi connectivity index (χ3v) is 4.91. The molecule has 1 aromatic heterocycles. The fraction of sp³-hybridized carbons (Fsp3) is 0.143. The van der Waals surface area contributed by atoms with Crippen LogP contribution in [-0.4, -0.2) is 23.3 Å². The molecule has 4 rings (SSSR count). The predicted octanol–water partition coefficient (Wildman–Crippen LogP) is 4.62. The maximum atomic E-state index is 6.22. The molecule has 0 spiro atoms. The summed E-state index contributed by atoms with van der Waals surface area (Å²) in [4.78, 5) is 10.4. The molecule has 5 nitrogen and oxygen atoms in total. The van der Waals surface area contributed by atoms with Gasteiger partial charge in [0.15, 0.2) is 6.23 Å². The van der Waals surface area contributed by atoms with Gasteiger partial charge in [-0.05, 0) is 54.0 Å². The molecule has 1 unspecified atom stereocenters. The molecule has 6 heteroatoms. The van der Waals surface area contributed by atoms with Crippen molar-refractivity contribution >= 4 is 34.1 Å². The van der Waals surface area contributed by atoms with Crippen LogP contribution in [0.15, 0.2) is 66.0 Å². The Balaban J connectivity index is 1.80. The number of rotatable bonds is 3. The van der Waals surface area contributed by atoms with E-state index in [4.69, 9.17) is 22.1 Å². The highest BCUT2D eigenvalue weighted by Gasteiger charge is 2.20. The molecule has 136 valence electrons. The van der Waals surface area contributed by atoms with Crippen LogP contribution in [0.2, 0.25) is 0 Å². The molecule has 0 fully saturated rings. The van der Waals surface area contributed by atoms with E-state index in [0.717, 1.165) is 33.3 Å². The Hall–Kier alpha value is -2.89. The van der Waals surface area contributed by atoms with Crippen molar-refractivity contribution in [2.45, 2.75) is 13.2 Å². The molecule has 0 amide bonds. The van der Waals surface area contributed by atoms with Gasteiger partial charge in [0, 0.05) is 30.6 Å². The van der Waals surface area contributed by atoms with Gasteiger partial charge in [0.2, 0.25) is 5.95 Å². The van der Waals surface area contributed by atoms with Crippen LogP contribution < -0.4 is 10.6 Å². The van der Waals surface area contributed by atoms with Crippen LogP contribution in [-0.2, 0) is 4.74 Å². The summed E-state index contributed by atoms with van der Waals surface area (Å²) in [6.45, 7) is 2.10. The molecule has 3 aromatic rings. The minimum atomic E-state index is -0.200. The summed E-state index contributed by atoms with van der Waals surface area (Å²) in [6, 6.07) is 12.3. The first kappa shape index (κ1) is 17.5. The average molecular weight is 379 g/mol. The number of nitrogens with two attached hydrogens (primary N) is 1. The number of nitrogens with zero attached hydrogens (tertiary/aromatic N) is 3. The number of halogens is 1. The van der Waals surface area contributed by atoms with Crippen molar-refractivity contribution in [2.75, 3.05) is 17.7 Å². The summed E-state index contributed by atoms with van der Waals surface area (Å²) in [6.07, 6.45) is 7.22. The minimum absolute atomic E-state index is 0.200. The van der Waals surface area contributed by atoms with Gasteiger partial charge in [0.1, 0.15) is 0 Å². The highest BCUT2D eigenvalue weighted by molar-refractivity contribution is 6.31. The van der Waals surface area contributed by atoms with E-state index in [1.807, 2.05) is 41.5 Å². The third-order valence-electron chi connectivity index (χ3n) is 4.69. The van der Waals surface area contributed by atoms with E-state index in [0.29, 0.717) is 5.03 Å². The molecule has 1 aliphatic heterocycles. The van der Waals surface area contributed by atoms with E-state index in [-0.39, 0.29) is 12.2 Å². The molecule has 0 bridgehead atoms. The number of hydrogen-bond acceptors (Lipinski definition) is 5. The third kappa shape index (κ3) is 3.27. The molecular formula is C21H19ClN4O. The van der Waals surface area contributed by atoms with Gasteiger partial charge >= 0.3 is 0 Å². The Bertz CT molecular complexity index is 1080. The number of fused-ring (bicyclic) bond motifs is 1. The lowest BCUT2D eigenvalue weighted by Crippen LogP contribution is -2.33. The van der Waals surface area contributed by atoms with Gasteiger partial charge in [-0.2, -0.15) is 0 Å². The maximum Gasteiger partial charge on any atom is 0.220 e. The van der Waals surface area contributed by atoms with E-state index >= 15 is 0 Å². The largest absolute Gasteiger partial charge is 0.368 e. The zero-order valence-corrected chi connectivity index (χ0v) is 15.8. The fourth-order valence-corrected chi connectivity index (χ4v) is 3.52. The van der Waals surface area contributed by atoms with Crippen molar-refractivity contribution in [2.24, 2.45) is 0 Å². The SMILES string of the molecule is COC1C=CC(Cl)=CN1c1cccc(-c2ccc3nc(N)ncc3c2)c1C. The molecule has 2 N–H and O–H groups in total. The predicted molar refractivity (Wildman–Crippen MR) is 110 cm³/mol. The Morgan fingerprint density at radius 2 is 2.07 bits per heavy atom. The van der Waals surface area contributed by atoms with Gasteiger partial charge in [0.25, 0.3) is 0 Å². The van der Waals surface area contributed by atoms with Crippen LogP contribution >= 0.6 is 11.6 Å². The van der Waals surface area contributed by atoms with Crippen LogP contribution in [0.3, 0.4) is 0 Å². The molecule has 2 aromatic carbocycles. The van der Waals surface area contributed by atoms with Crippen LogP contribution in [0.4, 0.5) is 11.6 Å². The highest BCUT2D eigenvalue weighted by atomic mass is 35.5. The number of methoxy groups -OCH3 is 1. The zero-order chi connectivity index (χ0) is 19.0. The first-order valence-corrected chi connectivity index (χ1v) is 8.93. The Labute approximate surface area is 162 Å². The minimum Gasteiger partial charge on any atom is -0.368 e. The van der Waals surface area contributed by atoms with Gasteiger partial charge in [-0.25, -0.2) is 9.97 Å². The second-order valence-electron chi connectivity index (χ2n) is 6.36. The summed E-state index contributed by atoms with van der Waals surface area (Å²) in [7, 11) is 1.68. The molecule has 0 radical (unpaired) electrons. The van der Waals surface area contributed by atoms with Gasteiger partial charge in [0.05, 0.1) is 10.5 Å². The van der Waals surface area contributed by atoms with Gasteiger partial charge < -0.3 is 15.4 Å². The number of ether oxygens (including phenoxy) is 1. The van der Waals surface area contributed by atoms with Crippen LogP contribution in [0.5, 0.6) is 0 Å². The Morgan fingerprint density at radius 3 is 2.89 bits per heavy atom. The van der Waals surface area contributed by atoms with Gasteiger partial charge in [-0.1, -0.05) is 29.8 Å². The zero-order valence-electron chi connectivity index (χ0n) is 15.1. The van der Waals surface area contributed by atoms with Crippen molar-refractivity contribution in [1.29, 1.82) is 0 Å². The van der Waals surface area contributed by atoms with Crippen molar-refractivity contribution in [1.82, 2.24) is 9.97 Å². The summed E-state index contributed by atoms with van der Waals surface area (Å²) >= 11 is 6.22. The summed E-state index contributed by atoms with van der Waals surface area (Å²) < 4.78 is 5.58. The van der Waals surface area contributed by atoms with Crippen LogP contribution in [0, 0.1) is 6.92 Å². The molecule has 1 atom stereocenters. The van der Waals surface area contributed by atoms with Crippen LogP contribution in [0.25, 0.3) is 22.0 Å². The molecule has 0 saturated heterocycles. The second-order valence-corrected chi connectivity index (χ2v) is 6.79. The van der Waals surface area contributed by atoms with Crippen molar-refractivity contribution < 1.29 is 4.74 Å². The van der Waals surface area contributed by atoms with E-state index in [1.165, 1.54) is 0 Å².